The first-order chi connectivity index (χ1) is 32.7. The third kappa shape index (κ3) is 10.0. The number of carbonyl (C=O) groups is 1. The minimum absolute atomic E-state index is 0.235. The highest BCUT2D eigenvalue weighted by Crippen LogP contribution is 2.37. The minimum atomic E-state index is -0.261. The summed E-state index contributed by atoms with van der Waals surface area (Å²) in [7, 11) is 0. The molecule has 0 atom stereocenters. The van der Waals surface area contributed by atoms with E-state index in [4.69, 9.17) is 15.2 Å². The number of halogens is 2. The maximum Gasteiger partial charge on any atom is 0.150 e. The number of ether oxygens (including phenoxy) is 2. The van der Waals surface area contributed by atoms with Gasteiger partial charge >= 0.3 is 0 Å². The number of aromatic nitrogens is 6. The van der Waals surface area contributed by atoms with Gasteiger partial charge < -0.3 is 31.2 Å². The molecule has 0 aliphatic carbocycles. The zero-order valence-electron chi connectivity index (χ0n) is 37.9. The molecular formula is C52H52F2N10O3. The van der Waals surface area contributed by atoms with Gasteiger partial charge in [0.15, 0.2) is 0 Å². The van der Waals surface area contributed by atoms with E-state index in [9.17, 15) is 13.6 Å². The van der Waals surface area contributed by atoms with Crippen molar-refractivity contribution in [1.29, 1.82) is 0 Å². The van der Waals surface area contributed by atoms with E-state index < -0.39 is 0 Å². The summed E-state index contributed by atoms with van der Waals surface area (Å²) in [6, 6.07) is 18.3. The smallest absolute Gasteiger partial charge is 0.150 e. The highest BCUT2D eigenvalue weighted by molar-refractivity contribution is 6.02. The van der Waals surface area contributed by atoms with Gasteiger partial charge in [0.2, 0.25) is 0 Å². The molecule has 4 aromatic heterocycles. The first kappa shape index (κ1) is 46.1. The van der Waals surface area contributed by atoms with Crippen molar-refractivity contribution in [2.24, 2.45) is 5.73 Å². The van der Waals surface area contributed by atoms with Crippen molar-refractivity contribution in [2.75, 3.05) is 36.9 Å². The number of fused-ring (bicyclic) bond motifs is 4. The third-order valence-electron chi connectivity index (χ3n) is 11.8. The van der Waals surface area contributed by atoms with Crippen LogP contribution in [0.3, 0.4) is 0 Å². The number of nitrogens with two attached hydrogens (primary N) is 1. The van der Waals surface area contributed by atoms with Crippen LogP contribution in [-0.2, 0) is 32.5 Å². The van der Waals surface area contributed by atoms with Gasteiger partial charge in [0.1, 0.15) is 41.1 Å². The maximum absolute atomic E-state index is 14.6. The second kappa shape index (κ2) is 21.2. The minimum Gasteiger partial charge on any atom is -0.493 e. The van der Waals surface area contributed by atoms with E-state index in [0.717, 1.165) is 97.9 Å². The first-order valence-corrected chi connectivity index (χ1v) is 22.3. The fourth-order valence-electron chi connectivity index (χ4n) is 8.52. The van der Waals surface area contributed by atoms with Crippen molar-refractivity contribution in [2.45, 2.75) is 60.2 Å². The molecular weight excluding hydrogens is 851 g/mol. The van der Waals surface area contributed by atoms with Gasteiger partial charge in [-0.3, -0.25) is 4.79 Å². The molecule has 6 heterocycles. The summed E-state index contributed by atoms with van der Waals surface area (Å²) in [4.78, 5) is 20.4. The molecule has 0 unspecified atom stereocenters. The van der Waals surface area contributed by atoms with Crippen LogP contribution in [0.25, 0.3) is 43.8 Å². The fourth-order valence-corrected chi connectivity index (χ4v) is 8.52. The number of nitrogens with zero attached hydrogens (tertiary/aromatic N) is 6. The van der Waals surface area contributed by atoms with Crippen molar-refractivity contribution in [1.82, 2.24) is 35.7 Å². The lowest BCUT2D eigenvalue weighted by atomic mass is 9.96. The molecule has 0 bridgehead atoms. The van der Waals surface area contributed by atoms with Gasteiger partial charge in [0, 0.05) is 105 Å². The van der Waals surface area contributed by atoms with Gasteiger partial charge in [0.05, 0.1) is 38.0 Å². The number of pyridine rings is 2. The van der Waals surface area contributed by atoms with Crippen LogP contribution in [0.15, 0.2) is 97.8 Å². The zero-order valence-corrected chi connectivity index (χ0v) is 37.9. The summed E-state index contributed by atoms with van der Waals surface area (Å²) < 4.78 is 40.2. The van der Waals surface area contributed by atoms with E-state index in [0.29, 0.717) is 60.9 Å². The molecule has 0 saturated heterocycles. The molecule has 0 spiro atoms. The molecule has 5 N–H and O–H groups in total. The molecule has 13 nitrogen and oxygen atoms in total. The molecule has 67 heavy (non-hydrogen) atoms. The van der Waals surface area contributed by atoms with E-state index in [1.807, 2.05) is 32.2 Å². The molecule has 2 aliphatic heterocycles. The highest BCUT2D eigenvalue weighted by atomic mass is 19.1. The highest BCUT2D eigenvalue weighted by Gasteiger charge is 2.22. The number of anilines is 2. The average Bonchev–Trinajstić information content (AvgIpc) is 4.04. The summed E-state index contributed by atoms with van der Waals surface area (Å²) >= 11 is 0. The van der Waals surface area contributed by atoms with E-state index in [1.165, 1.54) is 23.3 Å². The number of benzene rings is 4. The van der Waals surface area contributed by atoms with Crippen LogP contribution in [0, 0.1) is 25.5 Å². The van der Waals surface area contributed by atoms with E-state index in [-0.39, 0.29) is 18.2 Å². The van der Waals surface area contributed by atoms with Crippen molar-refractivity contribution < 1.29 is 23.0 Å². The van der Waals surface area contributed by atoms with Crippen molar-refractivity contribution in [3.8, 4) is 33.8 Å². The Labute approximate surface area is 387 Å². The van der Waals surface area contributed by atoms with Crippen LogP contribution in [0.4, 0.5) is 20.4 Å². The summed E-state index contributed by atoms with van der Waals surface area (Å²) in [5.41, 5.74) is 15.9. The Kier molecular flexibility index (Phi) is 14.6. The number of rotatable bonds is 12. The summed E-state index contributed by atoms with van der Waals surface area (Å²) in [5.74, 6) is 2.27. The lowest BCUT2D eigenvalue weighted by Gasteiger charge is -2.15. The number of aryl methyl sites for hydroxylation is 2. The largest absolute Gasteiger partial charge is 0.493 e. The van der Waals surface area contributed by atoms with Crippen LogP contribution >= 0.6 is 0 Å². The Hall–Kier alpha value is -7.49. The predicted molar refractivity (Wildman–Crippen MR) is 258 cm³/mol. The number of carbonyl (C=O) groups excluding carboxylic acids is 1. The molecule has 4 aromatic carbocycles. The molecule has 8 aromatic rings. The molecule has 0 fully saturated rings. The van der Waals surface area contributed by atoms with Gasteiger partial charge in [-0.1, -0.05) is 44.2 Å². The second-order valence-electron chi connectivity index (χ2n) is 16.1. The van der Waals surface area contributed by atoms with Gasteiger partial charge in [0.25, 0.3) is 0 Å². The molecule has 342 valence electrons. The molecule has 15 heteroatoms. The maximum atomic E-state index is 14.6. The standard InChI is InChI=1S/C26H26FN5O.C24H19FN4O2.C2H7N/c1-3-28-11-17-4-5-18(16(2)10-17)20-12-29-26(23-15-32-31-14-21(20)23)30-13-22-19-8-9-33-25(19)7-6-24(22)27;1-14-8-15(13-30)2-3-16(14)18-9-26-24(21-12-29-28-11-19(18)21)27-10-20-17-6-7-31-23(17)5-4-22(20)25;1-2-3/h4-7,10,12,14-15,28H,3,8-9,11,13H2,1-2H3,(H,29,30);2-5,8-9,11-13H,6-7,10H2,1H3,(H,26,27);2-3H2,1H3. The quantitative estimate of drug-likeness (QED) is 0.0855. The number of hydrogen-bond donors (Lipinski definition) is 4. The summed E-state index contributed by atoms with van der Waals surface area (Å²) in [6.45, 7) is 12.4. The van der Waals surface area contributed by atoms with Gasteiger partial charge in [-0.05, 0) is 85.1 Å². The van der Waals surface area contributed by atoms with Crippen molar-refractivity contribution >= 4 is 39.5 Å². The van der Waals surface area contributed by atoms with Crippen LogP contribution < -0.4 is 31.2 Å². The summed E-state index contributed by atoms with van der Waals surface area (Å²) in [6.07, 6.45) is 12.7. The van der Waals surface area contributed by atoms with Crippen LogP contribution in [0.2, 0.25) is 0 Å². The normalized spacial score (nSPS) is 12.2. The van der Waals surface area contributed by atoms with E-state index in [2.05, 4.69) is 78.4 Å². The first-order valence-electron chi connectivity index (χ1n) is 22.3. The number of hydrogen-bond acceptors (Lipinski definition) is 13. The molecule has 0 radical (unpaired) electrons. The van der Waals surface area contributed by atoms with Crippen molar-refractivity contribution in [3.63, 3.8) is 0 Å². The second-order valence-corrected chi connectivity index (χ2v) is 16.1. The average molecular weight is 903 g/mol. The lowest BCUT2D eigenvalue weighted by molar-refractivity contribution is 0.112. The Morgan fingerprint density at radius 1 is 0.612 bits per heavy atom. The Bertz CT molecular complexity index is 3080. The molecule has 0 saturated carbocycles. The Morgan fingerprint density at radius 3 is 1.55 bits per heavy atom. The van der Waals surface area contributed by atoms with Gasteiger partial charge in [-0.2, -0.15) is 20.4 Å². The lowest BCUT2D eigenvalue weighted by Crippen LogP contribution is -2.11. The van der Waals surface area contributed by atoms with Crippen LogP contribution in [0.1, 0.15) is 63.1 Å². The van der Waals surface area contributed by atoms with E-state index in [1.54, 1.807) is 49.2 Å². The Balaban J connectivity index is 0.000000172. The van der Waals surface area contributed by atoms with Crippen LogP contribution in [-0.4, -0.2) is 63.0 Å². The SMILES string of the molecule is CCN.CCNCc1ccc(-c2cnc(NCc3c(F)ccc4c3CCO4)c3cnncc23)c(C)c1.Cc1cc(C=O)ccc1-c1cnc(NCc2c(F)ccc3c2CCO3)c2cnncc12. The van der Waals surface area contributed by atoms with Crippen LogP contribution in [0.5, 0.6) is 11.5 Å². The fraction of sp³-hybridized carbons (Fsp3) is 0.250. The van der Waals surface area contributed by atoms with Gasteiger partial charge in [-0.25, -0.2) is 18.7 Å². The van der Waals surface area contributed by atoms with E-state index >= 15 is 0 Å². The monoisotopic (exact) mass is 902 g/mol. The molecule has 10 rings (SSSR count). The molecule has 0 amide bonds. The zero-order chi connectivity index (χ0) is 46.9. The summed E-state index contributed by atoms with van der Waals surface area (Å²) in [5, 5.41) is 29.7. The predicted octanol–water partition coefficient (Wildman–Crippen LogP) is 9.26. The topological polar surface area (TPSA) is 175 Å². The number of nitrogens with one attached hydrogen (secondary N) is 3. The molecule has 2 aliphatic rings. The third-order valence-corrected chi connectivity index (χ3v) is 11.8. The van der Waals surface area contributed by atoms with Gasteiger partial charge in [-0.15, -0.1) is 0 Å². The Morgan fingerprint density at radius 2 is 1.09 bits per heavy atom. The number of aldehydes is 1. The van der Waals surface area contributed by atoms with Crippen molar-refractivity contribution in [3.05, 3.63) is 154 Å².